The van der Waals surface area contributed by atoms with Gasteiger partial charge in [-0.15, -0.1) is 0 Å². The highest BCUT2D eigenvalue weighted by atomic mass is 79.9. The van der Waals surface area contributed by atoms with Crippen molar-refractivity contribution in [3.05, 3.63) is 52.3 Å². The fourth-order valence-corrected chi connectivity index (χ4v) is 2.88. The Bertz CT molecular complexity index is 602. The van der Waals surface area contributed by atoms with Crippen LogP contribution < -0.4 is 0 Å². The van der Waals surface area contributed by atoms with E-state index in [0.717, 1.165) is 28.6 Å². The maximum absolute atomic E-state index is 12.2. The average molecular weight is 349 g/mol. The number of carbonyl (C=O) groups is 1. The van der Waals surface area contributed by atoms with E-state index >= 15 is 0 Å². The molecule has 0 aliphatic rings. The Morgan fingerprint density at radius 1 is 1.19 bits per heavy atom. The molecular weight excluding hydrogens is 328 g/mol. The first-order valence-corrected chi connectivity index (χ1v) is 8.22. The molecule has 0 bridgehead atoms. The smallest absolute Gasteiger partial charge is 0.143 e. The Labute approximate surface area is 134 Å². The van der Waals surface area contributed by atoms with Gasteiger partial charge in [0.25, 0.3) is 0 Å². The van der Waals surface area contributed by atoms with E-state index in [0.29, 0.717) is 18.9 Å². The molecule has 2 aromatic rings. The third-order valence-corrected chi connectivity index (χ3v) is 4.48. The van der Waals surface area contributed by atoms with Crippen LogP contribution in [0, 0.1) is 0 Å². The van der Waals surface area contributed by atoms with Crippen molar-refractivity contribution in [3.8, 4) is 0 Å². The molecule has 0 saturated carbocycles. The van der Waals surface area contributed by atoms with E-state index in [1.807, 2.05) is 41.2 Å². The first-order chi connectivity index (χ1) is 10.1. The van der Waals surface area contributed by atoms with E-state index in [-0.39, 0.29) is 5.78 Å². The molecule has 0 amide bonds. The molecule has 1 aromatic carbocycles. The molecule has 0 radical (unpaired) electrons. The number of carbonyl (C=O) groups excluding carboxylic acids is 1. The summed E-state index contributed by atoms with van der Waals surface area (Å²) in [6.45, 7) is 4.32. The molecule has 0 spiro atoms. The van der Waals surface area contributed by atoms with Gasteiger partial charge >= 0.3 is 0 Å². The fourth-order valence-electron chi connectivity index (χ4n) is 2.46. The van der Waals surface area contributed by atoms with Gasteiger partial charge in [0.15, 0.2) is 0 Å². The molecule has 0 aliphatic carbocycles. The van der Waals surface area contributed by atoms with Crippen molar-refractivity contribution in [2.75, 3.05) is 0 Å². The molecule has 1 aromatic heterocycles. The number of hydrogen-bond acceptors (Lipinski definition) is 2. The zero-order valence-corrected chi connectivity index (χ0v) is 14.1. The molecule has 0 atom stereocenters. The monoisotopic (exact) mass is 348 g/mol. The summed E-state index contributed by atoms with van der Waals surface area (Å²) in [7, 11) is 0. The Morgan fingerprint density at radius 2 is 1.90 bits per heavy atom. The number of aromatic nitrogens is 2. The maximum Gasteiger partial charge on any atom is 0.143 e. The van der Waals surface area contributed by atoms with Crippen LogP contribution in [0.15, 0.2) is 41.0 Å². The van der Waals surface area contributed by atoms with Crippen molar-refractivity contribution in [2.24, 2.45) is 0 Å². The van der Waals surface area contributed by atoms with E-state index in [2.05, 4.69) is 34.9 Å². The van der Waals surface area contributed by atoms with Gasteiger partial charge in [-0.2, -0.15) is 5.10 Å². The second kappa shape index (κ2) is 7.55. The van der Waals surface area contributed by atoms with Gasteiger partial charge in [0, 0.05) is 17.1 Å². The summed E-state index contributed by atoms with van der Waals surface area (Å²) >= 11 is 3.48. The zero-order valence-electron chi connectivity index (χ0n) is 12.6. The summed E-state index contributed by atoms with van der Waals surface area (Å²) in [5.41, 5.74) is 1.89. The SMILES string of the molecule is CCC(CC)n1ccc(CC(=O)Cc2ccccc2Br)n1. The van der Waals surface area contributed by atoms with Crippen LogP contribution >= 0.6 is 15.9 Å². The lowest BCUT2D eigenvalue weighted by molar-refractivity contribution is -0.117. The molecular formula is C17H21BrN2O. The van der Waals surface area contributed by atoms with E-state index in [1.54, 1.807) is 0 Å². The molecule has 0 saturated heterocycles. The largest absolute Gasteiger partial charge is 0.299 e. The lowest BCUT2D eigenvalue weighted by Crippen LogP contribution is -2.10. The average Bonchev–Trinajstić information content (AvgIpc) is 2.91. The number of benzene rings is 1. The highest BCUT2D eigenvalue weighted by Gasteiger charge is 2.12. The molecule has 0 aliphatic heterocycles. The van der Waals surface area contributed by atoms with Gasteiger partial charge in [-0.05, 0) is 30.5 Å². The molecule has 2 rings (SSSR count). The predicted octanol–water partition coefficient (Wildman–Crippen LogP) is 4.36. The standard InChI is InChI=1S/C17H21BrN2O/c1-3-15(4-2)20-10-9-14(19-20)12-16(21)11-13-7-5-6-8-17(13)18/h5-10,15H,3-4,11-12H2,1-2H3. The molecule has 4 heteroatoms. The lowest BCUT2D eigenvalue weighted by atomic mass is 10.1. The van der Waals surface area contributed by atoms with Gasteiger partial charge in [0.1, 0.15) is 5.78 Å². The number of halogens is 1. The Balaban J connectivity index is 1.99. The summed E-state index contributed by atoms with van der Waals surface area (Å²) in [6.07, 6.45) is 4.94. The van der Waals surface area contributed by atoms with E-state index in [9.17, 15) is 4.79 Å². The second-order valence-corrected chi connectivity index (χ2v) is 6.10. The quantitative estimate of drug-likeness (QED) is 0.744. The summed E-state index contributed by atoms with van der Waals surface area (Å²) < 4.78 is 2.97. The van der Waals surface area contributed by atoms with Gasteiger partial charge in [-0.3, -0.25) is 9.48 Å². The van der Waals surface area contributed by atoms with Crippen LogP contribution in [-0.2, 0) is 17.6 Å². The van der Waals surface area contributed by atoms with Gasteiger partial charge in [-0.25, -0.2) is 0 Å². The van der Waals surface area contributed by atoms with Crippen LogP contribution in [0.5, 0.6) is 0 Å². The number of Topliss-reactive ketones (excluding diaryl/α,β-unsaturated/α-hetero) is 1. The summed E-state index contributed by atoms with van der Waals surface area (Å²) in [4.78, 5) is 12.2. The van der Waals surface area contributed by atoms with Crippen LogP contribution in [0.25, 0.3) is 0 Å². The molecule has 0 N–H and O–H groups in total. The summed E-state index contributed by atoms with van der Waals surface area (Å²) in [5, 5.41) is 4.54. The van der Waals surface area contributed by atoms with Crippen LogP contribution in [0.1, 0.15) is 44.0 Å². The van der Waals surface area contributed by atoms with Gasteiger partial charge in [0.05, 0.1) is 18.2 Å². The maximum atomic E-state index is 12.2. The lowest BCUT2D eigenvalue weighted by Gasteiger charge is -2.12. The highest BCUT2D eigenvalue weighted by molar-refractivity contribution is 9.10. The van der Waals surface area contributed by atoms with Crippen molar-refractivity contribution in [1.82, 2.24) is 9.78 Å². The number of hydrogen-bond donors (Lipinski definition) is 0. The molecule has 21 heavy (non-hydrogen) atoms. The first kappa shape index (κ1) is 16.0. The predicted molar refractivity (Wildman–Crippen MR) is 88.4 cm³/mol. The molecule has 0 fully saturated rings. The van der Waals surface area contributed by atoms with Gasteiger partial charge < -0.3 is 0 Å². The van der Waals surface area contributed by atoms with Crippen molar-refractivity contribution in [1.29, 1.82) is 0 Å². The van der Waals surface area contributed by atoms with Crippen molar-refractivity contribution in [2.45, 2.75) is 45.6 Å². The van der Waals surface area contributed by atoms with Crippen LogP contribution in [0.2, 0.25) is 0 Å². The topological polar surface area (TPSA) is 34.9 Å². The Morgan fingerprint density at radius 3 is 2.57 bits per heavy atom. The van der Waals surface area contributed by atoms with Crippen molar-refractivity contribution >= 4 is 21.7 Å². The second-order valence-electron chi connectivity index (χ2n) is 5.24. The normalized spacial score (nSPS) is 11.0. The first-order valence-electron chi connectivity index (χ1n) is 7.43. The Kier molecular flexibility index (Phi) is 5.74. The number of nitrogens with zero attached hydrogens (tertiary/aromatic N) is 2. The van der Waals surface area contributed by atoms with Crippen molar-refractivity contribution < 1.29 is 4.79 Å². The van der Waals surface area contributed by atoms with Crippen LogP contribution in [0.3, 0.4) is 0 Å². The fraction of sp³-hybridized carbons (Fsp3) is 0.412. The van der Waals surface area contributed by atoms with E-state index in [1.165, 1.54) is 0 Å². The van der Waals surface area contributed by atoms with Crippen molar-refractivity contribution in [3.63, 3.8) is 0 Å². The highest BCUT2D eigenvalue weighted by Crippen LogP contribution is 2.18. The van der Waals surface area contributed by atoms with Gasteiger partial charge in [0.2, 0.25) is 0 Å². The molecule has 1 heterocycles. The minimum atomic E-state index is 0.191. The van der Waals surface area contributed by atoms with Gasteiger partial charge in [-0.1, -0.05) is 48.0 Å². The van der Waals surface area contributed by atoms with E-state index < -0.39 is 0 Å². The molecule has 0 unspecified atom stereocenters. The third kappa shape index (κ3) is 4.27. The van der Waals surface area contributed by atoms with Crippen LogP contribution in [0.4, 0.5) is 0 Å². The van der Waals surface area contributed by atoms with E-state index in [4.69, 9.17) is 0 Å². The molecule has 3 nitrogen and oxygen atoms in total. The summed E-state index contributed by atoms with van der Waals surface area (Å²) in [6, 6.07) is 10.2. The third-order valence-electron chi connectivity index (χ3n) is 3.70. The minimum Gasteiger partial charge on any atom is -0.299 e. The Hall–Kier alpha value is -1.42. The number of rotatable bonds is 7. The number of ketones is 1. The van der Waals surface area contributed by atoms with Crippen LogP contribution in [-0.4, -0.2) is 15.6 Å². The minimum absolute atomic E-state index is 0.191. The molecule has 112 valence electrons. The summed E-state index contributed by atoms with van der Waals surface area (Å²) in [5.74, 6) is 0.191. The zero-order chi connectivity index (χ0) is 15.2.